The van der Waals surface area contributed by atoms with Crippen LogP contribution in [0.5, 0.6) is 0 Å². The van der Waals surface area contributed by atoms with Crippen LogP contribution in [0.15, 0.2) is 186 Å². The molecule has 230 valence electrons. The molecule has 0 bridgehead atoms. The van der Waals surface area contributed by atoms with E-state index in [1.54, 1.807) is 0 Å². The number of anilines is 3. The largest absolute Gasteiger partial charge is 0.456 e. The van der Waals surface area contributed by atoms with Gasteiger partial charge in [-0.2, -0.15) is 0 Å². The second kappa shape index (κ2) is 11.0. The number of hydrogen-bond donors (Lipinski definition) is 0. The monoisotopic (exact) mass is 626 g/mol. The van der Waals surface area contributed by atoms with Crippen molar-refractivity contribution in [2.24, 2.45) is 0 Å². The van der Waals surface area contributed by atoms with Gasteiger partial charge in [0, 0.05) is 22.1 Å². The molecule has 0 amide bonds. The maximum Gasteiger partial charge on any atom is 0.137 e. The van der Waals surface area contributed by atoms with Crippen LogP contribution in [-0.2, 0) is 0 Å². The lowest BCUT2D eigenvalue weighted by Gasteiger charge is -2.26. The molecular formula is C46H30N2O. The molecular weight excluding hydrogens is 597 g/mol. The lowest BCUT2D eigenvalue weighted by Crippen LogP contribution is -2.10. The third kappa shape index (κ3) is 4.29. The van der Waals surface area contributed by atoms with Gasteiger partial charge in [-0.3, -0.25) is 0 Å². The van der Waals surface area contributed by atoms with Crippen molar-refractivity contribution >= 4 is 71.6 Å². The lowest BCUT2D eigenvalue weighted by atomic mass is 10.0. The summed E-state index contributed by atoms with van der Waals surface area (Å²) in [7, 11) is 0. The van der Waals surface area contributed by atoms with Crippen LogP contribution in [0.2, 0.25) is 0 Å². The Labute approximate surface area is 283 Å². The fourth-order valence-electron chi connectivity index (χ4n) is 7.64. The van der Waals surface area contributed by atoms with Crippen LogP contribution < -0.4 is 4.90 Å². The zero-order valence-corrected chi connectivity index (χ0v) is 26.6. The molecule has 0 aliphatic rings. The standard InChI is InChI=1S/C46H30N2O/c1-3-13-31(14-4-1)32-25-28-35(29-26-32)47(34-16-5-2-6-17-34)39-21-11-23-42-45(39)46-40(22-12-24-43(46)49-42)48-38-20-10-9-19-37(38)44-36-18-8-7-15-33(36)27-30-41(44)48/h1-30H. The van der Waals surface area contributed by atoms with Gasteiger partial charge < -0.3 is 13.9 Å². The van der Waals surface area contributed by atoms with Crippen LogP contribution in [0.1, 0.15) is 0 Å². The zero-order chi connectivity index (χ0) is 32.3. The quantitative estimate of drug-likeness (QED) is 0.190. The fourth-order valence-corrected chi connectivity index (χ4v) is 7.64. The van der Waals surface area contributed by atoms with E-state index in [2.05, 4.69) is 191 Å². The van der Waals surface area contributed by atoms with Crippen molar-refractivity contribution in [2.75, 3.05) is 4.90 Å². The van der Waals surface area contributed by atoms with E-state index in [9.17, 15) is 0 Å². The topological polar surface area (TPSA) is 21.3 Å². The van der Waals surface area contributed by atoms with Gasteiger partial charge in [-0.05, 0) is 82.6 Å². The minimum Gasteiger partial charge on any atom is -0.456 e. The molecule has 10 rings (SSSR count). The molecule has 0 saturated carbocycles. The number of benzene rings is 8. The van der Waals surface area contributed by atoms with Gasteiger partial charge in [0.1, 0.15) is 11.2 Å². The summed E-state index contributed by atoms with van der Waals surface area (Å²) in [6, 6.07) is 64.8. The SMILES string of the molecule is c1ccc(-c2ccc(N(c3ccccc3)c3cccc4oc5cccc(-n6c7ccccc7c7c8ccccc8ccc76)c5c34)cc2)cc1. The lowest BCUT2D eigenvalue weighted by molar-refractivity contribution is 0.669. The molecule has 0 spiro atoms. The number of furan rings is 1. The summed E-state index contributed by atoms with van der Waals surface area (Å²) >= 11 is 0. The first-order chi connectivity index (χ1) is 24.3. The molecule has 0 aliphatic heterocycles. The maximum absolute atomic E-state index is 6.69. The Hall–Kier alpha value is -6.58. The number of rotatable bonds is 5. The molecule has 10 aromatic rings. The summed E-state index contributed by atoms with van der Waals surface area (Å²) in [6.45, 7) is 0. The van der Waals surface area contributed by atoms with Crippen molar-refractivity contribution in [3.8, 4) is 16.8 Å². The van der Waals surface area contributed by atoms with Gasteiger partial charge in [0.2, 0.25) is 0 Å². The molecule has 0 N–H and O–H groups in total. The van der Waals surface area contributed by atoms with Crippen LogP contribution in [0.4, 0.5) is 17.1 Å². The third-order valence-electron chi connectivity index (χ3n) is 9.77. The van der Waals surface area contributed by atoms with E-state index in [1.807, 2.05) is 0 Å². The first-order valence-electron chi connectivity index (χ1n) is 16.7. The normalized spacial score (nSPS) is 11.7. The summed E-state index contributed by atoms with van der Waals surface area (Å²) in [5.41, 5.74) is 10.8. The highest BCUT2D eigenvalue weighted by Gasteiger charge is 2.23. The van der Waals surface area contributed by atoms with E-state index in [4.69, 9.17) is 4.42 Å². The van der Waals surface area contributed by atoms with Gasteiger partial charge in [-0.1, -0.05) is 121 Å². The number of hydrogen-bond acceptors (Lipinski definition) is 2. The van der Waals surface area contributed by atoms with Crippen molar-refractivity contribution in [3.05, 3.63) is 182 Å². The molecule has 0 fully saturated rings. The molecule has 49 heavy (non-hydrogen) atoms. The van der Waals surface area contributed by atoms with Gasteiger partial charge in [-0.15, -0.1) is 0 Å². The maximum atomic E-state index is 6.69. The molecule has 2 heterocycles. The molecule has 0 radical (unpaired) electrons. The van der Waals surface area contributed by atoms with Crippen molar-refractivity contribution in [3.63, 3.8) is 0 Å². The first-order valence-corrected chi connectivity index (χ1v) is 16.7. The number of aromatic nitrogens is 1. The summed E-state index contributed by atoms with van der Waals surface area (Å²) in [4.78, 5) is 2.35. The van der Waals surface area contributed by atoms with Gasteiger partial charge in [0.05, 0.1) is 33.2 Å². The Kier molecular flexibility index (Phi) is 6.18. The van der Waals surface area contributed by atoms with Crippen LogP contribution in [-0.4, -0.2) is 4.57 Å². The Morgan fingerprint density at radius 1 is 0.388 bits per heavy atom. The molecule has 0 aliphatic carbocycles. The molecule has 3 nitrogen and oxygen atoms in total. The average molecular weight is 627 g/mol. The predicted molar refractivity (Wildman–Crippen MR) is 206 cm³/mol. The average Bonchev–Trinajstić information content (AvgIpc) is 3.73. The highest BCUT2D eigenvalue weighted by Crippen LogP contribution is 2.46. The van der Waals surface area contributed by atoms with Crippen molar-refractivity contribution in [1.29, 1.82) is 0 Å². The number of fused-ring (bicyclic) bond motifs is 8. The Morgan fingerprint density at radius 3 is 1.84 bits per heavy atom. The van der Waals surface area contributed by atoms with Gasteiger partial charge in [-0.25, -0.2) is 0 Å². The van der Waals surface area contributed by atoms with Gasteiger partial charge in [0.15, 0.2) is 0 Å². The second-order valence-corrected chi connectivity index (χ2v) is 12.5. The first kappa shape index (κ1) is 27.5. The second-order valence-electron chi connectivity index (χ2n) is 12.5. The molecule has 8 aromatic carbocycles. The van der Waals surface area contributed by atoms with Crippen LogP contribution in [0.3, 0.4) is 0 Å². The van der Waals surface area contributed by atoms with E-state index >= 15 is 0 Å². The number of para-hydroxylation sites is 2. The zero-order valence-electron chi connectivity index (χ0n) is 26.6. The molecule has 0 atom stereocenters. The van der Waals surface area contributed by atoms with Gasteiger partial charge >= 0.3 is 0 Å². The molecule has 2 aromatic heterocycles. The predicted octanol–water partition coefficient (Wildman–Crippen LogP) is 13.0. The Bertz CT molecular complexity index is 2810. The van der Waals surface area contributed by atoms with E-state index in [0.717, 1.165) is 44.7 Å². The van der Waals surface area contributed by atoms with Crippen molar-refractivity contribution in [2.45, 2.75) is 0 Å². The van der Waals surface area contributed by atoms with E-state index in [-0.39, 0.29) is 0 Å². The Balaban J connectivity index is 1.27. The minimum atomic E-state index is 0.855. The minimum absolute atomic E-state index is 0.855. The summed E-state index contributed by atoms with van der Waals surface area (Å²) < 4.78 is 9.11. The highest BCUT2D eigenvalue weighted by molar-refractivity contribution is 6.23. The molecule has 0 saturated heterocycles. The van der Waals surface area contributed by atoms with Gasteiger partial charge in [0.25, 0.3) is 0 Å². The van der Waals surface area contributed by atoms with Crippen LogP contribution in [0, 0.1) is 0 Å². The summed E-state index contributed by atoms with van der Waals surface area (Å²) in [6.07, 6.45) is 0. The van der Waals surface area contributed by atoms with Crippen molar-refractivity contribution in [1.82, 2.24) is 4.57 Å². The fraction of sp³-hybridized carbons (Fsp3) is 0. The highest BCUT2D eigenvalue weighted by atomic mass is 16.3. The van der Waals surface area contributed by atoms with E-state index < -0.39 is 0 Å². The van der Waals surface area contributed by atoms with E-state index in [1.165, 1.54) is 43.7 Å². The third-order valence-corrected chi connectivity index (χ3v) is 9.77. The van der Waals surface area contributed by atoms with E-state index in [0.29, 0.717) is 0 Å². The van der Waals surface area contributed by atoms with Crippen LogP contribution >= 0.6 is 0 Å². The molecule has 0 unspecified atom stereocenters. The van der Waals surface area contributed by atoms with Crippen LogP contribution in [0.25, 0.3) is 71.3 Å². The smallest absolute Gasteiger partial charge is 0.137 e. The van der Waals surface area contributed by atoms with Crippen molar-refractivity contribution < 1.29 is 4.42 Å². The Morgan fingerprint density at radius 2 is 1.02 bits per heavy atom. The summed E-state index contributed by atoms with van der Waals surface area (Å²) in [5, 5.41) is 7.17. The molecule has 3 heteroatoms. The summed E-state index contributed by atoms with van der Waals surface area (Å²) in [5.74, 6) is 0. The number of nitrogens with zero attached hydrogens (tertiary/aromatic N) is 2.